The predicted octanol–water partition coefficient (Wildman–Crippen LogP) is 11.9. The summed E-state index contributed by atoms with van der Waals surface area (Å²) in [4.78, 5) is 2.35. The second-order valence-electron chi connectivity index (χ2n) is 11.5. The number of hydrogen-bond donors (Lipinski definition) is 0. The fourth-order valence-corrected chi connectivity index (χ4v) is 6.65. The van der Waals surface area contributed by atoms with E-state index in [4.69, 9.17) is 0 Å². The number of benzene rings is 7. The highest BCUT2D eigenvalue weighted by Gasteiger charge is 2.19. The molecule has 0 spiro atoms. The van der Waals surface area contributed by atoms with Crippen molar-refractivity contribution < 1.29 is 0 Å². The molecular weight excluding hydrogens is 544 g/mol. The molecule has 2 nitrogen and oxygen atoms in total. The molecule has 0 saturated carbocycles. The normalized spacial score (nSPS) is 11.2. The largest absolute Gasteiger partial charge is 0.310 e. The zero-order valence-electron chi connectivity index (χ0n) is 25.1. The van der Waals surface area contributed by atoms with Crippen molar-refractivity contribution in [2.45, 2.75) is 6.92 Å². The lowest BCUT2D eigenvalue weighted by Crippen LogP contribution is -2.10. The standard InChI is InChI=1S/C43H32N2/c1-31-15-12-22-36(29-31)45-41-27-11-9-24-39(41)43-38(25-14-28-42(43)45)33-17-13-16-32(30-33)37-23-8-10-26-40(37)44(34-18-4-2-5-19-34)35-20-6-3-7-21-35/h2-30H,1H3. The SMILES string of the molecule is Cc1cccc(-n2c3ccccc3c3c(-c4cccc(-c5ccccc5N(c5ccccc5)c5ccccc5)c4)cccc32)c1. The van der Waals surface area contributed by atoms with E-state index in [-0.39, 0.29) is 0 Å². The van der Waals surface area contributed by atoms with Crippen LogP contribution in [-0.4, -0.2) is 4.57 Å². The van der Waals surface area contributed by atoms with E-state index in [0.717, 1.165) is 17.1 Å². The minimum absolute atomic E-state index is 1.13. The predicted molar refractivity (Wildman–Crippen MR) is 191 cm³/mol. The number of para-hydroxylation sites is 4. The zero-order valence-corrected chi connectivity index (χ0v) is 25.1. The molecule has 0 saturated heterocycles. The molecule has 0 aliphatic heterocycles. The maximum atomic E-state index is 2.40. The Balaban J connectivity index is 1.32. The first-order chi connectivity index (χ1) is 22.3. The van der Waals surface area contributed by atoms with Crippen LogP contribution >= 0.6 is 0 Å². The number of aromatic nitrogens is 1. The molecule has 0 bridgehead atoms. The summed E-state index contributed by atoms with van der Waals surface area (Å²) in [6.07, 6.45) is 0. The van der Waals surface area contributed by atoms with Crippen LogP contribution in [-0.2, 0) is 0 Å². The summed E-state index contributed by atoms with van der Waals surface area (Å²) in [7, 11) is 0. The van der Waals surface area contributed by atoms with Gasteiger partial charge in [0.05, 0.1) is 16.7 Å². The van der Waals surface area contributed by atoms with Gasteiger partial charge < -0.3 is 9.47 Å². The molecule has 8 rings (SSSR count). The van der Waals surface area contributed by atoms with Gasteiger partial charge in [-0.15, -0.1) is 0 Å². The van der Waals surface area contributed by atoms with Crippen LogP contribution in [0.3, 0.4) is 0 Å². The van der Waals surface area contributed by atoms with Gasteiger partial charge in [-0.05, 0) is 89.8 Å². The molecule has 45 heavy (non-hydrogen) atoms. The van der Waals surface area contributed by atoms with Gasteiger partial charge in [-0.25, -0.2) is 0 Å². The molecule has 1 heterocycles. The summed E-state index contributed by atoms with van der Waals surface area (Å²) in [6.45, 7) is 2.16. The maximum absolute atomic E-state index is 2.40. The van der Waals surface area contributed by atoms with Crippen LogP contribution in [0.1, 0.15) is 5.56 Å². The Bertz CT molecular complexity index is 2240. The number of aryl methyl sites for hydroxylation is 1. The van der Waals surface area contributed by atoms with Crippen LogP contribution in [0.15, 0.2) is 176 Å². The van der Waals surface area contributed by atoms with Crippen molar-refractivity contribution in [2.75, 3.05) is 4.90 Å². The van der Waals surface area contributed by atoms with Gasteiger partial charge in [0.2, 0.25) is 0 Å². The van der Waals surface area contributed by atoms with Crippen molar-refractivity contribution in [1.29, 1.82) is 0 Å². The van der Waals surface area contributed by atoms with Crippen LogP contribution < -0.4 is 4.90 Å². The summed E-state index contributed by atoms with van der Waals surface area (Å²) in [5.74, 6) is 0. The molecule has 0 amide bonds. The van der Waals surface area contributed by atoms with Gasteiger partial charge >= 0.3 is 0 Å². The van der Waals surface area contributed by atoms with Crippen molar-refractivity contribution in [3.8, 4) is 27.9 Å². The molecule has 0 aliphatic rings. The number of fused-ring (bicyclic) bond motifs is 3. The van der Waals surface area contributed by atoms with E-state index in [1.54, 1.807) is 0 Å². The van der Waals surface area contributed by atoms with Gasteiger partial charge in [-0.3, -0.25) is 0 Å². The molecule has 0 N–H and O–H groups in total. The minimum Gasteiger partial charge on any atom is -0.310 e. The molecule has 0 unspecified atom stereocenters. The van der Waals surface area contributed by atoms with Gasteiger partial charge in [0.25, 0.3) is 0 Å². The monoisotopic (exact) mass is 576 g/mol. The highest BCUT2D eigenvalue weighted by atomic mass is 15.1. The maximum Gasteiger partial charge on any atom is 0.0547 e. The Morgan fingerprint density at radius 3 is 1.78 bits per heavy atom. The fraction of sp³-hybridized carbons (Fsp3) is 0.0233. The third kappa shape index (κ3) is 4.77. The van der Waals surface area contributed by atoms with Crippen molar-refractivity contribution in [2.24, 2.45) is 0 Å². The summed E-state index contributed by atoms with van der Waals surface area (Å²) >= 11 is 0. The van der Waals surface area contributed by atoms with Gasteiger partial charge in [0.15, 0.2) is 0 Å². The summed E-state index contributed by atoms with van der Waals surface area (Å²) in [5, 5.41) is 2.53. The van der Waals surface area contributed by atoms with Gasteiger partial charge in [0.1, 0.15) is 0 Å². The molecule has 0 fully saturated rings. The molecule has 2 heteroatoms. The quantitative estimate of drug-likeness (QED) is 0.191. The van der Waals surface area contributed by atoms with E-state index in [1.807, 2.05) is 0 Å². The molecule has 214 valence electrons. The molecular formula is C43H32N2. The molecule has 7 aromatic carbocycles. The highest BCUT2D eigenvalue weighted by Crippen LogP contribution is 2.43. The van der Waals surface area contributed by atoms with E-state index in [2.05, 4.69) is 192 Å². The lowest BCUT2D eigenvalue weighted by atomic mass is 9.95. The summed E-state index contributed by atoms with van der Waals surface area (Å²) in [5.41, 5.74) is 13.1. The lowest BCUT2D eigenvalue weighted by molar-refractivity contribution is 1.17. The van der Waals surface area contributed by atoms with E-state index in [1.165, 1.54) is 55.3 Å². The van der Waals surface area contributed by atoms with Crippen LogP contribution in [0.5, 0.6) is 0 Å². The third-order valence-corrected chi connectivity index (χ3v) is 8.62. The van der Waals surface area contributed by atoms with Crippen molar-refractivity contribution >= 4 is 38.9 Å². The zero-order chi connectivity index (χ0) is 30.2. The van der Waals surface area contributed by atoms with E-state index >= 15 is 0 Å². The Kier molecular flexibility index (Phi) is 6.73. The second kappa shape index (κ2) is 11.3. The Morgan fingerprint density at radius 2 is 1.02 bits per heavy atom. The van der Waals surface area contributed by atoms with E-state index in [9.17, 15) is 0 Å². The lowest BCUT2D eigenvalue weighted by Gasteiger charge is -2.28. The minimum atomic E-state index is 1.13. The van der Waals surface area contributed by atoms with Crippen molar-refractivity contribution in [1.82, 2.24) is 4.57 Å². The molecule has 8 aromatic rings. The molecule has 0 radical (unpaired) electrons. The number of anilines is 3. The van der Waals surface area contributed by atoms with Crippen LogP contribution in [0.2, 0.25) is 0 Å². The Labute approximate surface area is 264 Å². The molecule has 1 aromatic heterocycles. The van der Waals surface area contributed by atoms with E-state index in [0.29, 0.717) is 0 Å². The topological polar surface area (TPSA) is 8.17 Å². The van der Waals surface area contributed by atoms with Crippen molar-refractivity contribution in [3.63, 3.8) is 0 Å². The average molecular weight is 577 g/mol. The molecule has 0 atom stereocenters. The van der Waals surface area contributed by atoms with Crippen LogP contribution in [0, 0.1) is 6.92 Å². The number of nitrogens with zero attached hydrogens (tertiary/aromatic N) is 2. The summed E-state index contributed by atoms with van der Waals surface area (Å²) in [6, 6.07) is 63.2. The average Bonchev–Trinajstić information content (AvgIpc) is 3.44. The highest BCUT2D eigenvalue weighted by molar-refractivity contribution is 6.16. The number of hydrogen-bond acceptors (Lipinski definition) is 1. The Morgan fingerprint density at radius 1 is 0.444 bits per heavy atom. The van der Waals surface area contributed by atoms with Crippen LogP contribution in [0.25, 0.3) is 49.7 Å². The van der Waals surface area contributed by atoms with Gasteiger partial charge in [-0.1, -0.05) is 115 Å². The third-order valence-electron chi connectivity index (χ3n) is 8.62. The first-order valence-electron chi connectivity index (χ1n) is 15.5. The fourth-order valence-electron chi connectivity index (χ4n) is 6.65. The number of rotatable bonds is 6. The summed E-state index contributed by atoms with van der Waals surface area (Å²) < 4.78 is 2.40. The van der Waals surface area contributed by atoms with Crippen molar-refractivity contribution in [3.05, 3.63) is 181 Å². The Hall–Kier alpha value is -5.86. The first-order valence-corrected chi connectivity index (χ1v) is 15.5. The van der Waals surface area contributed by atoms with Gasteiger partial charge in [-0.2, -0.15) is 0 Å². The van der Waals surface area contributed by atoms with Gasteiger partial charge in [0, 0.05) is 33.4 Å². The second-order valence-corrected chi connectivity index (χ2v) is 11.5. The first kappa shape index (κ1) is 26.7. The molecule has 0 aliphatic carbocycles. The smallest absolute Gasteiger partial charge is 0.0547 e. The van der Waals surface area contributed by atoms with Crippen LogP contribution in [0.4, 0.5) is 17.1 Å². The van der Waals surface area contributed by atoms with E-state index < -0.39 is 0 Å².